The zero-order valence-corrected chi connectivity index (χ0v) is 26.3. The Hall–Kier alpha value is -5.11. The van der Waals surface area contributed by atoms with Gasteiger partial charge in [0, 0.05) is 36.2 Å². The standard InChI is InChI=1S/C32H30F2N8O3S/c1-32(2,3)11-25(43)38-21-10-19(12-35-13-21)28-27(34)26-23(16-37-28)41-42-30(26)31-39-24-15-36-14-22(29(24)40-31)18-7-17(8-20(33)9-18)5-6-46(4,44)45/h7-10,12-16H,5-6,11H2,1-4H3,(H,38,43)(H,39,40)(H,41,42). The zero-order valence-electron chi connectivity index (χ0n) is 25.4. The van der Waals surface area contributed by atoms with Crippen molar-refractivity contribution in [3.05, 3.63) is 72.4 Å². The molecule has 5 heterocycles. The lowest BCUT2D eigenvalue weighted by molar-refractivity contribution is -0.117. The summed E-state index contributed by atoms with van der Waals surface area (Å²) in [6.45, 7) is 5.87. The number of anilines is 1. The molecule has 0 spiro atoms. The highest BCUT2D eigenvalue weighted by atomic mass is 32.2. The van der Waals surface area contributed by atoms with E-state index in [1.165, 1.54) is 36.9 Å². The van der Waals surface area contributed by atoms with Crippen LogP contribution in [-0.4, -0.2) is 61.5 Å². The smallest absolute Gasteiger partial charge is 0.224 e. The molecule has 1 aromatic carbocycles. The van der Waals surface area contributed by atoms with Gasteiger partial charge in [-0.25, -0.2) is 22.2 Å². The summed E-state index contributed by atoms with van der Waals surface area (Å²) in [5, 5.41) is 10.1. The SMILES string of the molecule is CC(C)(C)CC(=O)Nc1cncc(-c2ncc3[nH]nc(-c4nc5c(-c6cc(F)cc(CCS(C)(=O)=O)c6)cncc5[nH]4)c3c2F)c1. The van der Waals surface area contributed by atoms with Crippen LogP contribution >= 0.6 is 0 Å². The van der Waals surface area contributed by atoms with Gasteiger partial charge in [0.05, 0.1) is 52.0 Å². The molecule has 0 bridgehead atoms. The van der Waals surface area contributed by atoms with Crippen LogP contribution in [0.3, 0.4) is 0 Å². The minimum Gasteiger partial charge on any atom is -0.335 e. The van der Waals surface area contributed by atoms with Gasteiger partial charge in [0.1, 0.15) is 27.0 Å². The third-order valence-electron chi connectivity index (χ3n) is 7.18. The average molecular weight is 645 g/mol. The lowest BCUT2D eigenvalue weighted by Gasteiger charge is -2.17. The Balaban J connectivity index is 1.38. The Morgan fingerprint density at radius 3 is 2.48 bits per heavy atom. The minimum absolute atomic E-state index is 0.00872. The van der Waals surface area contributed by atoms with E-state index in [2.05, 4.69) is 35.5 Å². The fraction of sp³-hybridized carbons (Fsp3) is 0.250. The number of imidazole rings is 1. The molecule has 0 radical (unpaired) electrons. The molecule has 3 N–H and O–H groups in total. The van der Waals surface area contributed by atoms with Crippen molar-refractivity contribution < 1.29 is 22.0 Å². The molecule has 0 aliphatic heterocycles. The monoisotopic (exact) mass is 644 g/mol. The van der Waals surface area contributed by atoms with Crippen LogP contribution in [0.2, 0.25) is 0 Å². The fourth-order valence-electron chi connectivity index (χ4n) is 5.18. The van der Waals surface area contributed by atoms with Crippen molar-refractivity contribution in [3.8, 4) is 33.9 Å². The molecular weight excluding hydrogens is 614 g/mol. The topological polar surface area (TPSA) is 159 Å². The summed E-state index contributed by atoms with van der Waals surface area (Å²) in [4.78, 5) is 33.1. The molecule has 0 aliphatic carbocycles. The molecule has 11 nitrogen and oxygen atoms in total. The Morgan fingerprint density at radius 2 is 1.72 bits per heavy atom. The van der Waals surface area contributed by atoms with Gasteiger partial charge in [0.15, 0.2) is 11.6 Å². The van der Waals surface area contributed by atoms with Gasteiger partial charge in [-0.3, -0.25) is 24.8 Å². The van der Waals surface area contributed by atoms with Crippen molar-refractivity contribution in [3.63, 3.8) is 0 Å². The van der Waals surface area contributed by atoms with E-state index in [4.69, 9.17) is 4.98 Å². The lowest BCUT2D eigenvalue weighted by Crippen LogP contribution is -2.19. The van der Waals surface area contributed by atoms with Crippen LogP contribution in [0.15, 0.2) is 55.2 Å². The largest absolute Gasteiger partial charge is 0.335 e. The molecule has 0 atom stereocenters. The Morgan fingerprint density at radius 1 is 0.935 bits per heavy atom. The van der Waals surface area contributed by atoms with Gasteiger partial charge >= 0.3 is 0 Å². The number of fused-ring (bicyclic) bond motifs is 2. The van der Waals surface area contributed by atoms with Crippen molar-refractivity contribution in [2.75, 3.05) is 17.3 Å². The number of halogens is 2. The predicted molar refractivity (Wildman–Crippen MR) is 171 cm³/mol. The Bertz CT molecular complexity index is 2240. The maximum atomic E-state index is 16.2. The van der Waals surface area contributed by atoms with Crippen LogP contribution in [0.5, 0.6) is 0 Å². The van der Waals surface area contributed by atoms with E-state index in [0.717, 1.165) is 6.26 Å². The number of pyridine rings is 3. The molecule has 0 saturated heterocycles. The number of carbonyl (C=O) groups excluding carboxylic acids is 1. The van der Waals surface area contributed by atoms with Gasteiger partial charge in [-0.2, -0.15) is 5.10 Å². The molecule has 6 rings (SSSR count). The van der Waals surface area contributed by atoms with Crippen molar-refractivity contribution >= 4 is 43.4 Å². The third-order valence-corrected chi connectivity index (χ3v) is 8.13. The van der Waals surface area contributed by atoms with Gasteiger partial charge in [0.25, 0.3) is 0 Å². The maximum absolute atomic E-state index is 16.2. The van der Waals surface area contributed by atoms with Crippen LogP contribution in [0, 0.1) is 17.0 Å². The summed E-state index contributed by atoms with van der Waals surface area (Å²) in [6.07, 6.45) is 9.05. The van der Waals surface area contributed by atoms with Gasteiger partial charge in [-0.05, 0) is 41.2 Å². The van der Waals surface area contributed by atoms with E-state index in [0.29, 0.717) is 50.9 Å². The Labute approximate surface area is 262 Å². The van der Waals surface area contributed by atoms with Crippen LogP contribution in [0.25, 0.3) is 55.8 Å². The molecule has 46 heavy (non-hydrogen) atoms. The van der Waals surface area contributed by atoms with Crippen molar-refractivity contribution in [2.24, 2.45) is 5.41 Å². The predicted octanol–water partition coefficient (Wildman–Crippen LogP) is 5.87. The second-order valence-corrected chi connectivity index (χ2v) is 14.7. The summed E-state index contributed by atoms with van der Waals surface area (Å²) in [5.74, 6) is -1.26. The maximum Gasteiger partial charge on any atom is 0.224 e. The highest BCUT2D eigenvalue weighted by Gasteiger charge is 2.22. The van der Waals surface area contributed by atoms with E-state index in [1.807, 2.05) is 20.8 Å². The van der Waals surface area contributed by atoms with Crippen LogP contribution in [0.4, 0.5) is 14.5 Å². The van der Waals surface area contributed by atoms with Crippen molar-refractivity contribution in [1.29, 1.82) is 0 Å². The van der Waals surface area contributed by atoms with E-state index in [9.17, 15) is 17.6 Å². The number of H-pyrrole nitrogens is 2. The number of aryl methyl sites for hydroxylation is 1. The average Bonchev–Trinajstić information content (AvgIpc) is 3.59. The molecule has 0 fully saturated rings. The molecular formula is C32H30F2N8O3S. The number of carbonyl (C=O) groups is 1. The van der Waals surface area contributed by atoms with Gasteiger partial charge in [0.2, 0.25) is 5.91 Å². The third kappa shape index (κ3) is 6.61. The number of aromatic nitrogens is 7. The molecule has 1 amide bonds. The number of amides is 1. The van der Waals surface area contributed by atoms with Crippen LogP contribution in [0.1, 0.15) is 32.8 Å². The van der Waals surface area contributed by atoms with E-state index in [-0.39, 0.29) is 46.1 Å². The van der Waals surface area contributed by atoms with Crippen LogP contribution in [-0.2, 0) is 21.1 Å². The summed E-state index contributed by atoms with van der Waals surface area (Å²) in [5.41, 5.74) is 3.51. The fourth-order valence-corrected chi connectivity index (χ4v) is 5.79. The number of aromatic amines is 2. The molecule has 5 aromatic heterocycles. The zero-order chi connectivity index (χ0) is 32.8. The lowest BCUT2D eigenvalue weighted by atomic mass is 9.92. The molecule has 6 aromatic rings. The molecule has 0 saturated carbocycles. The molecule has 0 unspecified atom stereocenters. The number of rotatable bonds is 8. The number of benzene rings is 1. The second-order valence-electron chi connectivity index (χ2n) is 12.4. The normalized spacial score (nSPS) is 12.2. The number of nitrogens with zero attached hydrogens (tertiary/aromatic N) is 5. The second kappa shape index (κ2) is 11.7. The first-order chi connectivity index (χ1) is 21.7. The highest BCUT2D eigenvalue weighted by Crippen LogP contribution is 2.35. The van der Waals surface area contributed by atoms with Crippen molar-refractivity contribution in [1.82, 2.24) is 35.1 Å². The van der Waals surface area contributed by atoms with E-state index >= 15 is 4.39 Å². The molecule has 14 heteroatoms. The Kier molecular flexibility index (Phi) is 7.84. The summed E-state index contributed by atoms with van der Waals surface area (Å²) >= 11 is 0. The van der Waals surface area contributed by atoms with E-state index < -0.39 is 21.5 Å². The number of nitrogens with one attached hydrogen (secondary N) is 3. The van der Waals surface area contributed by atoms with Crippen molar-refractivity contribution in [2.45, 2.75) is 33.6 Å². The van der Waals surface area contributed by atoms with Gasteiger partial charge < -0.3 is 10.3 Å². The quantitative estimate of drug-likeness (QED) is 0.186. The molecule has 0 aliphatic rings. The number of hydrogen-bond donors (Lipinski definition) is 3. The number of sulfone groups is 1. The first-order valence-corrected chi connectivity index (χ1v) is 16.4. The number of hydrogen-bond acceptors (Lipinski definition) is 8. The van der Waals surface area contributed by atoms with Gasteiger partial charge in [-0.1, -0.05) is 26.8 Å². The summed E-state index contributed by atoms with van der Waals surface area (Å²) in [6, 6.07) is 5.93. The highest BCUT2D eigenvalue weighted by molar-refractivity contribution is 7.90. The first-order valence-electron chi connectivity index (χ1n) is 14.3. The van der Waals surface area contributed by atoms with Crippen LogP contribution < -0.4 is 5.32 Å². The summed E-state index contributed by atoms with van der Waals surface area (Å²) < 4.78 is 54.2. The minimum atomic E-state index is -3.24. The van der Waals surface area contributed by atoms with Gasteiger partial charge in [-0.15, -0.1) is 0 Å². The van der Waals surface area contributed by atoms with E-state index in [1.54, 1.807) is 18.3 Å². The molecule has 236 valence electrons. The first kappa shape index (κ1) is 30.9. The summed E-state index contributed by atoms with van der Waals surface area (Å²) in [7, 11) is -3.24.